The van der Waals surface area contributed by atoms with E-state index in [4.69, 9.17) is 0 Å². The molecule has 0 bridgehead atoms. The minimum absolute atomic E-state index is 0.251. The molecule has 0 unspecified atom stereocenters. The average Bonchev–Trinajstić information content (AvgIpc) is 2.15. The maximum absolute atomic E-state index is 2.55. The van der Waals surface area contributed by atoms with Gasteiger partial charge < -0.3 is 0 Å². The molecule has 0 N–H and O–H groups in total. The van der Waals surface area contributed by atoms with E-state index >= 15 is 0 Å². The number of hydrogen-bond acceptors (Lipinski definition) is 3. The Morgan fingerprint density at radius 2 is 1.12 bits per heavy atom. The fraction of sp³-hybridized carbons (Fsp3) is 1.00. The van der Waals surface area contributed by atoms with Crippen LogP contribution >= 0.6 is 0 Å². The fourth-order valence-corrected chi connectivity index (χ4v) is 1.88. The van der Waals surface area contributed by atoms with Crippen LogP contribution in [0.4, 0.5) is 0 Å². The van der Waals surface area contributed by atoms with E-state index in [1.807, 2.05) is 0 Å². The van der Waals surface area contributed by atoms with Crippen LogP contribution in [0.25, 0.3) is 0 Å². The van der Waals surface area contributed by atoms with Gasteiger partial charge in [0.2, 0.25) is 0 Å². The molecule has 0 amide bonds. The molecule has 3 nitrogen and oxygen atoms in total. The Hall–Kier alpha value is -0.120. The van der Waals surface area contributed by atoms with Crippen LogP contribution in [0.1, 0.15) is 48.5 Å². The van der Waals surface area contributed by atoms with Crippen LogP contribution in [0.5, 0.6) is 0 Å². The van der Waals surface area contributed by atoms with Crippen molar-refractivity contribution in [2.75, 3.05) is 20.0 Å². The maximum atomic E-state index is 2.55. The minimum atomic E-state index is 0.251. The Bertz CT molecular complexity index is 202. The van der Waals surface area contributed by atoms with Gasteiger partial charge in [-0.3, -0.25) is 14.7 Å². The Morgan fingerprint density at radius 3 is 1.38 bits per heavy atom. The minimum Gasteiger partial charge on any atom is -0.275 e. The van der Waals surface area contributed by atoms with Crippen LogP contribution in [-0.2, 0) is 0 Å². The molecule has 0 aromatic carbocycles. The van der Waals surface area contributed by atoms with Gasteiger partial charge in [-0.05, 0) is 48.5 Å². The molecule has 1 saturated heterocycles. The largest absolute Gasteiger partial charge is 0.275 e. The lowest BCUT2D eigenvalue weighted by Crippen LogP contribution is -2.62. The third-order valence-electron chi connectivity index (χ3n) is 3.48. The van der Waals surface area contributed by atoms with Crippen molar-refractivity contribution < 1.29 is 0 Å². The number of hydrogen-bond donors (Lipinski definition) is 0. The lowest BCUT2D eigenvalue weighted by atomic mass is 10.1. The normalized spacial score (nSPS) is 22.3. The van der Waals surface area contributed by atoms with Gasteiger partial charge in [0.25, 0.3) is 0 Å². The topological polar surface area (TPSA) is 9.72 Å². The van der Waals surface area contributed by atoms with E-state index in [2.05, 4.69) is 63.2 Å². The first-order valence-corrected chi connectivity index (χ1v) is 6.45. The van der Waals surface area contributed by atoms with E-state index in [1.54, 1.807) is 0 Å². The van der Waals surface area contributed by atoms with Crippen LogP contribution in [0.3, 0.4) is 0 Å². The summed E-state index contributed by atoms with van der Waals surface area (Å²) in [5.41, 5.74) is 0.251. The predicted octanol–water partition coefficient (Wildman–Crippen LogP) is 2.39. The molecule has 3 heteroatoms. The molecule has 1 heterocycles. The lowest BCUT2D eigenvalue weighted by Gasteiger charge is -2.50. The summed E-state index contributed by atoms with van der Waals surface area (Å²) in [6.07, 6.45) is 0. The van der Waals surface area contributed by atoms with Crippen LogP contribution in [0.15, 0.2) is 0 Å². The van der Waals surface area contributed by atoms with E-state index in [0.29, 0.717) is 12.1 Å². The van der Waals surface area contributed by atoms with Crippen molar-refractivity contribution in [3.8, 4) is 0 Å². The van der Waals surface area contributed by atoms with Crippen molar-refractivity contribution in [3.05, 3.63) is 0 Å². The van der Waals surface area contributed by atoms with E-state index in [0.717, 1.165) is 20.0 Å². The van der Waals surface area contributed by atoms with Crippen LogP contribution in [0.2, 0.25) is 0 Å². The molecule has 0 aliphatic carbocycles. The highest BCUT2D eigenvalue weighted by atomic mass is 15.5. The summed E-state index contributed by atoms with van der Waals surface area (Å²) >= 11 is 0. The fourth-order valence-electron chi connectivity index (χ4n) is 1.88. The standard InChI is InChI=1S/C13H29N3/c1-11(2)14-8-15(12(3)4)10-16(9-14)13(5,6)7/h11-12H,8-10H2,1-7H3. The van der Waals surface area contributed by atoms with Gasteiger partial charge in [0.05, 0.1) is 20.0 Å². The van der Waals surface area contributed by atoms with Gasteiger partial charge in [0.15, 0.2) is 0 Å². The molecule has 16 heavy (non-hydrogen) atoms. The van der Waals surface area contributed by atoms with Gasteiger partial charge >= 0.3 is 0 Å². The van der Waals surface area contributed by atoms with Crippen molar-refractivity contribution in [1.29, 1.82) is 0 Å². The second kappa shape index (κ2) is 5.03. The summed E-state index contributed by atoms with van der Waals surface area (Å²) in [5.74, 6) is 0. The van der Waals surface area contributed by atoms with E-state index in [1.165, 1.54) is 0 Å². The molecule has 0 saturated carbocycles. The summed E-state index contributed by atoms with van der Waals surface area (Å²) < 4.78 is 0. The molecule has 1 aliphatic rings. The molecule has 1 rings (SSSR count). The summed E-state index contributed by atoms with van der Waals surface area (Å²) in [6, 6.07) is 1.23. The first-order valence-electron chi connectivity index (χ1n) is 6.45. The highest BCUT2D eigenvalue weighted by molar-refractivity contribution is 4.82. The number of nitrogens with zero attached hydrogens (tertiary/aromatic N) is 3. The average molecular weight is 227 g/mol. The molecule has 0 spiro atoms. The monoisotopic (exact) mass is 227 g/mol. The molecule has 0 aromatic rings. The zero-order valence-corrected chi connectivity index (χ0v) is 12.1. The van der Waals surface area contributed by atoms with Crippen molar-refractivity contribution >= 4 is 0 Å². The van der Waals surface area contributed by atoms with Gasteiger partial charge in [-0.15, -0.1) is 0 Å². The maximum Gasteiger partial charge on any atom is 0.0537 e. The second-order valence-corrected chi connectivity index (χ2v) is 6.50. The van der Waals surface area contributed by atoms with Gasteiger partial charge in [-0.2, -0.15) is 0 Å². The summed E-state index contributed by atoms with van der Waals surface area (Å²) in [6.45, 7) is 19.3. The molecule has 1 aliphatic heterocycles. The van der Waals surface area contributed by atoms with Crippen molar-refractivity contribution in [2.24, 2.45) is 0 Å². The van der Waals surface area contributed by atoms with E-state index in [9.17, 15) is 0 Å². The first-order chi connectivity index (χ1) is 7.21. The van der Waals surface area contributed by atoms with Gasteiger partial charge in [0.1, 0.15) is 0 Å². The number of rotatable bonds is 2. The Kier molecular flexibility index (Phi) is 4.38. The molecular formula is C13H29N3. The highest BCUT2D eigenvalue weighted by Gasteiger charge is 2.32. The Morgan fingerprint density at radius 1 is 0.750 bits per heavy atom. The molecule has 0 atom stereocenters. The van der Waals surface area contributed by atoms with Crippen molar-refractivity contribution in [2.45, 2.75) is 66.1 Å². The van der Waals surface area contributed by atoms with Crippen molar-refractivity contribution in [1.82, 2.24) is 14.7 Å². The van der Waals surface area contributed by atoms with Gasteiger partial charge in [0, 0.05) is 17.6 Å². The Labute approximate surface area is 101 Å². The second-order valence-electron chi connectivity index (χ2n) is 6.50. The molecular weight excluding hydrogens is 198 g/mol. The van der Waals surface area contributed by atoms with Crippen molar-refractivity contribution in [3.63, 3.8) is 0 Å². The molecule has 0 aromatic heterocycles. The third kappa shape index (κ3) is 3.44. The first kappa shape index (κ1) is 13.9. The Balaban J connectivity index is 2.74. The van der Waals surface area contributed by atoms with E-state index < -0.39 is 0 Å². The molecule has 96 valence electrons. The smallest absolute Gasteiger partial charge is 0.0537 e. The highest BCUT2D eigenvalue weighted by Crippen LogP contribution is 2.21. The third-order valence-corrected chi connectivity index (χ3v) is 3.48. The lowest BCUT2D eigenvalue weighted by molar-refractivity contribution is -0.0919. The van der Waals surface area contributed by atoms with Crippen LogP contribution < -0.4 is 0 Å². The molecule has 1 fully saturated rings. The summed E-state index contributed by atoms with van der Waals surface area (Å²) in [7, 11) is 0. The van der Waals surface area contributed by atoms with Gasteiger partial charge in [-0.1, -0.05) is 0 Å². The predicted molar refractivity (Wildman–Crippen MR) is 70.1 cm³/mol. The zero-order valence-electron chi connectivity index (χ0n) is 12.1. The zero-order chi connectivity index (χ0) is 12.5. The quantitative estimate of drug-likeness (QED) is 0.717. The molecule has 0 radical (unpaired) electrons. The SMILES string of the molecule is CC(C)N1CN(C(C)C)CN(C(C)(C)C)C1. The van der Waals surface area contributed by atoms with Crippen LogP contribution in [0, 0.1) is 0 Å². The summed E-state index contributed by atoms with van der Waals surface area (Å²) in [5, 5.41) is 0. The van der Waals surface area contributed by atoms with Crippen LogP contribution in [-0.4, -0.2) is 52.3 Å². The van der Waals surface area contributed by atoms with E-state index in [-0.39, 0.29) is 5.54 Å². The van der Waals surface area contributed by atoms with Gasteiger partial charge in [-0.25, -0.2) is 0 Å². The summed E-state index contributed by atoms with van der Waals surface area (Å²) in [4.78, 5) is 7.62.